The molecule has 6 heteroatoms. The van der Waals surface area contributed by atoms with Gasteiger partial charge < -0.3 is 16.4 Å². The summed E-state index contributed by atoms with van der Waals surface area (Å²) < 4.78 is 0. The fourth-order valence-corrected chi connectivity index (χ4v) is 2.15. The van der Waals surface area contributed by atoms with Gasteiger partial charge in [-0.3, -0.25) is 9.59 Å². The molecular formula is C12H24ClN3O2. The van der Waals surface area contributed by atoms with Crippen LogP contribution in [0.5, 0.6) is 0 Å². The zero-order chi connectivity index (χ0) is 12.7. The Labute approximate surface area is 115 Å². The number of hydrogen-bond acceptors (Lipinski definition) is 3. The lowest BCUT2D eigenvalue weighted by Crippen LogP contribution is -2.39. The summed E-state index contributed by atoms with van der Waals surface area (Å²) in [5.74, 6) is -1.08. The Kier molecular flexibility index (Phi) is 8.75. The van der Waals surface area contributed by atoms with Crippen molar-refractivity contribution in [3.05, 3.63) is 0 Å². The molecule has 1 aliphatic heterocycles. The maximum Gasteiger partial charge on any atom is 0.225 e. The maximum absolute atomic E-state index is 11.8. The molecule has 0 aromatic rings. The number of rotatable bonds is 7. The van der Waals surface area contributed by atoms with Crippen molar-refractivity contribution in [2.45, 2.75) is 32.6 Å². The molecule has 5 nitrogen and oxygen atoms in total. The number of nitrogens with one attached hydrogen (secondary N) is 2. The number of carbonyl (C=O) groups is 2. The summed E-state index contributed by atoms with van der Waals surface area (Å²) in [4.78, 5) is 23.0. The minimum Gasteiger partial charge on any atom is -0.369 e. The largest absolute Gasteiger partial charge is 0.369 e. The lowest BCUT2D eigenvalue weighted by molar-refractivity contribution is -0.131. The van der Waals surface area contributed by atoms with Gasteiger partial charge >= 0.3 is 0 Å². The van der Waals surface area contributed by atoms with E-state index in [9.17, 15) is 9.59 Å². The van der Waals surface area contributed by atoms with Crippen molar-refractivity contribution in [1.29, 1.82) is 0 Å². The zero-order valence-electron chi connectivity index (χ0n) is 10.9. The van der Waals surface area contributed by atoms with Crippen LogP contribution in [0.15, 0.2) is 0 Å². The van der Waals surface area contributed by atoms with Gasteiger partial charge in [-0.05, 0) is 6.42 Å². The first kappa shape index (κ1) is 17.2. The third-order valence-corrected chi connectivity index (χ3v) is 3.25. The average molecular weight is 278 g/mol. The molecule has 1 fully saturated rings. The first-order valence-electron chi connectivity index (χ1n) is 6.44. The molecule has 106 valence electrons. The summed E-state index contributed by atoms with van der Waals surface area (Å²) in [5, 5.41) is 5.92. The van der Waals surface area contributed by atoms with Gasteiger partial charge in [0.05, 0.1) is 11.8 Å². The molecule has 0 spiro atoms. The number of amides is 2. The molecule has 1 aliphatic rings. The smallest absolute Gasteiger partial charge is 0.225 e. The van der Waals surface area contributed by atoms with Crippen LogP contribution in [0.2, 0.25) is 0 Å². The average Bonchev–Trinajstić information content (AvgIpc) is 2.77. The van der Waals surface area contributed by atoms with Crippen LogP contribution in [0, 0.1) is 11.8 Å². The van der Waals surface area contributed by atoms with Crippen LogP contribution in [0.1, 0.15) is 32.6 Å². The van der Waals surface area contributed by atoms with Gasteiger partial charge in [0.2, 0.25) is 11.8 Å². The molecule has 1 saturated heterocycles. The van der Waals surface area contributed by atoms with Gasteiger partial charge in [-0.25, -0.2) is 0 Å². The van der Waals surface area contributed by atoms with Crippen LogP contribution in [-0.2, 0) is 9.59 Å². The topological polar surface area (TPSA) is 84.2 Å². The summed E-state index contributed by atoms with van der Waals surface area (Å²) >= 11 is 0. The maximum atomic E-state index is 11.8. The van der Waals surface area contributed by atoms with E-state index in [2.05, 4.69) is 17.6 Å². The van der Waals surface area contributed by atoms with Crippen molar-refractivity contribution in [3.8, 4) is 0 Å². The normalized spacial score (nSPS) is 22.3. The Morgan fingerprint density at radius 1 is 1.22 bits per heavy atom. The fraction of sp³-hybridized carbons (Fsp3) is 0.833. The predicted octanol–water partition coefficient (Wildman–Crippen LogP) is 0.426. The van der Waals surface area contributed by atoms with Gasteiger partial charge in [0.1, 0.15) is 0 Å². The highest BCUT2D eigenvalue weighted by Gasteiger charge is 2.36. The molecule has 0 aromatic carbocycles. The molecule has 1 heterocycles. The highest BCUT2D eigenvalue weighted by molar-refractivity contribution is 5.87. The first-order chi connectivity index (χ1) is 8.16. The molecule has 0 saturated carbocycles. The number of hydrogen-bond donors (Lipinski definition) is 3. The van der Waals surface area contributed by atoms with E-state index in [1.165, 1.54) is 12.8 Å². The van der Waals surface area contributed by atoms with E-state index in [1.807, 2.05) is 0 Å². The molecule has 0 aliphatic carbocycles. The minimum atomic E-state index is -0.388. The standard InChI is InChI=1S/C12H23N3O2.ClH/c1-2-3-4-5-6-15-12(17)10-8-14-7-9(10)11(13)16;/h9-10,14H,2-8H2,1H3,(H2,13,16)(H,15,17);1H. The summed E-state index contributed by atoms with van der Waals surface area (Å²) in [5.41, 5.74) is 5.26. The van der Waals surface area contributed by atoms with Gasteiger partial charge in [-0.1, -0.05) is 26.2 Å². The number of primary amides is 1. The Hall–Kier alpha value is -0.810. The number of nitrogens with two attached hydrogens (primary N) is 1. The van der Waals surface area contributed by atoms with Crippen molar-refractivity contribution in [3.63, 3.8) is 0 Å². The molecule has 2 atom stereocenters. The Balaban J connectivity index is 0.00000289. The van der Waals surface area contributed by atoms with Crippen LogP contribution in [0.25, 0.3) is 0 Å². The zero-order valence-corrected chi connectivity index (χ0v) is 11.7. The van der Waals surface area contributed by atoms with E-state index in [0.717, 1.165) is 12.8 Å². The molecule has 2 amide bonds. The minimum absolute atomic E-state index is 0. The molecule has 0 aromatic heterocycles. The van der Waals surface area contributed by atoms with E-state index in [-0.39, 0.29) is 36.1 Å². The Morgan fingerprint density at radius 2 is 1.89 bits per heavy atom. The highest BCUT2D eigenvalue weighted by atomic mass is 35.5. The van der Waals surface area contributed by atoms with Gasteiger partial charge in [-0.15, -0.1) is 12.4 Å². The third-order valence-electron chi connectivity index (χ3n) is 3.25. The van der Waals surface area contributed by atoms with Crippen molar-refractivity contribution >= 4 is 24.2 Å². The summed E-state index contributed by atoms with van der Waals surface area (Å²) in [7, 11) is 0. The number of halogens is 1. The monoisotopic (exact) mass is 277 g/mol. The van der Waals surface area contributed by atoms with E-state index in [1.54, 1.807) is 0 Å². The van der Waals surface area contributed by atoms with Crippen LogP contribution >= 0.6 is 12.4 Å². The molecular weight excluding hydrogens is 254 g/mol. The fourth-order valence-electron chi connectivity index (χ4n) is 2.15. The van der Waals surface area contributed by atoms with Gasteiger partial charge in [0.25, 0.3) is 0 Å². The van der Waals surface area contributed by atoms with E-state index >= 15 is 0 Å². The molecule has 2 unspecified atom stereocenters. The quantitative estimate of drug-likeness (QED) is 0.590. The third kappa shape index (κ3) is 5.23. The Bertz CT molecular complexity index is 274. The molecule has 1 rings (SSSR count). The van der Waals surface area contributed by atoms with Crippen molar-refractivity contribution in [1.82, 2.24) is 10.6 Å². The van der Waals surface area contributed by atoms with Gasteiger partial charge in [0, 0.05) is 19.6 Å². The summed E-state index contributed by atoms with van der Waals surface area (Å²) in [6.07, 6.45) is 4.52. The second kappa shape index (κ2) is 9.16. The van der Waals surface area contributed by atoms with Crippen LogP contribution < -0.4 is 16.4 Å². The first-order valence-corrected chi connectivity index (χ1v) is 6.44. The van der Waals surface area contributed by atoms with E-state index in [0.29, 0.717) is 19.6 Å². The predicted molar refractivity (Wildman–Crippen MR) is 73.4 cm³/mol. The van der Waals surface area contributed by atoms with Gasteiger partial charge in [0.15, 0.2) is 0 Å². The second-order valence-electron chi connectivity index (χ2n) is 4.63. The van der Waals surface area contributed by atoms with Gasteiger partial charge in [-0.2, -0.15) is 0 Å². The number of unbranched alkanes of at least 4 members (excludes halogenated alkanes) is 3. The van der Waals surface area contributed by atoms with Crippen molar-refractivity contribution in [2.24, 2.45) is 17.6 Å². The number of carbonyl (C=O) groups excluding carboxylic acids is 2. The van der Waals surface area contributed by atoms with Crippen LogP contribution in [0.4, 0.5) is 0 Å². The molecule has 4 N–H and O–H groups in total. The van der Waals surface area contributed by atoms with E-state index < -0.39 is 0 Å². The van der Waals surface area contributed by atoms with Crippen LogP contribution in [-0.4, -0.2) is 31.4 Å². The summed E-state index contributed by atoms with van der Waals surface area (Å²) in [6.45, 7) is 3.92. The molecule has 0 radical (unpaired) electrons. The molecule has 0 bridgehead atoms. The highest BCUT2D eigenvalue weighted by Crippen LogP contribution is 2.16. The van der Waals surface area contributed by atoms with Crippen LogP contribution in [0.3, 0.4) is 0 Å². The van der Waals surface area contributed by atoms with E-state index in [4.69, 9.17) is 5.73 Å². The Morgan fingerprint density at radius 3 is 2.50 bits per heavy atom. The van der Waals surface area contributed by atoms with Crippen molar-refractivity contribution < 1.29 is 9.59 Å². The lowest BCUT2D eigenvalue weighted by atomic mass is 9.94. The van der Waals surface area contributed by atoms with Crippen molar-refractivity contribution in [2.75, 3.05) is 19.6 Å². The summed E-state index contributed by atoms with van der Waals surface area (Å²) in [6, 6.07) is 0. The SMILES string of the molecule is CCCCCCNC(=O)C1CNCC1C(N)=O.Cl. The molecule has 18 heavy (non-hydrogen) atoms. The second-order valence-corrected chi connectivity index (χ2v) is 4.63. The lowest BCUT2D eigenvalue weighted by Gasteiger charge is -2.15.